The van der Waals surface area contributed by atoms with E-state index in [2.05, 4.69) is 16.3 Å². The highest BCUT2D eigenvalue weighted by molar-refractivity contribution is 5.85. The number of hydrogen-bond donors (Lipinski definition) is 0. The molecule has 0 aromatic carbocycles. The lowest BCUT2D eigenvalue weighted by molar-refractivity contribution is -0.138. The van der Waals surface area contributed by atoms with Crippen LogP contribution in [0.3, 0.4) is 0 Å². The number of carbonyl (C=O) groups excluding carboxylic acids is 1. The number of hydrogen-bond acceptors (Lipinski definition) is 4. The highest BCUT2D eigenvalue weighted by atomic mass is 16.6. The molecule has 0 atom stereocenters. The zero-order valence-corrected chi connectivity index (χ0v) is 7.19. The van der Waals surface area contributed by atoms with Crippen molar-refractivity contribution in [2.24, 2.45) is 0 Å². The third kappa shape index (κ3) is 2.59. The van der Waals surface area contributed by atoms with Crippen molar-refractivity contribution in [3.63, 3.8) is 0 Å². The fourth-order valence-electron chi connectivity index (χ4n) is 0.704. The van der Waals surface area contributed by atoms with Crippen molar-refractivity contribution in [3.8, 4) is 5.75 Å². The molecule has 1 aromatic heterocycles. The Labute approximate surface area is 75.8 Å². The third-order valence-corrected chi connectivity index (χ3v) is 1.30. The molecular weight excluding hydrogens is 170 g/mol. The van der Waals surface area contributed by atoms with Crippen LogP contribution in [0.2, 0.25) is 0 Å². The van der Waals surface area contributed by atoms with Crippen LogP contribution in [0.1, 0.15) is 0 Å². The van der Waals surface area contributed by atoms with E-state index in [9.17, 15) is 4.79 Å². The zero-order valence-electron chi connectivity index (χ0n) is 7.19. The maximum absolute atomic E-state index is 10.9. The molecule has 0 saturated heterocycles. The monoisotopic (exact) mass is 179 g/mol. The Kier molecular flexibility index (Phi) is 3.03. The smallest absolute Gasteiger partial charge is 0.373 e. The quantitative estimate of drug-likeness (QED) is 0.396. The number of aromatic nitrogens is 1. The average molecular weight is 179 g/mol. The zero-order chi connectivity index (χ0) is 9.68. The normalized spacial score (nSPS) is 9.00. The summed E-state index contributed by atoms with van der Waals surface area (Å²) in [4.78, 5) is 14.6. The van der Waals surface area contributed by atoms with E-state index in [1.54, 1.807) is 24.5 Å². The van der Waals surface area contributed by atoms with Crippen molar-refractivity contribution in [2.75, 3.05) is 7.11 Å². The first kappa shape index (κ1) is 9.25. The van der Waals surface area contributed by atoms with Crippen molar-refractivity contribution in [1.82, 2.24) is 4.98 Å². The Hall–Kier alpha value is -1.84. The molecule has 4 nitrogen and oxygen atoms in total. The molecule has 1 rings (SSSR count). The fraction of sp³-hybridized carbons (Fsp3) is 0.111. The summed E-state index contributed by atoms with van der Waals surface area (Å²) in [5.74, 6) is -0.129. The number of ether oxygens (including phenoxy) is 2. The number of esters is 1. The van der Waals surface area contributed by atoms with Gasteiger partial charge >= 0.3 is 5.97 Å². The van der Waals surface area contributed by atoms with Crippen LogP contribution in [0.25, 0.3) is 0 Å². The molecule has 0 aliphatic rings. The summed E-state index contributed by atoms with van der Waals surface area (Å²) < 4.78 is 9.46. The largest absolute Gasteiger partial charge is 0.463 e. The van der Waals surface area contributed by atoms with Crippen molar-refractivity contribution >= 4 is 5.97 Å². The highest BCUT2D eigenvalue weighted by Crippen LogP contribution is 2.10. The van der Waals surface area contributed by atoms with Gasteiger partial charge < -0.3 is 9.47 Å². The SMILES string of the molecule is C=C(Oc1ccncc1)C(=O)OC. The van der Waals surface area contributed by atoms with Crippen LogP contribution in [0.15, 0.2) is 36.9 Å². The standard InChI is InChI=1S/C9H9NO3/c1-7(9(11)12-2)13-8-3-5-10-6-4-8/h3-6H,1H2,2H3. The summed E-state index contributed by atoms with van der Waals surface area (Å²) in [6.45, 7) is 3.40. The van der Waals surface area contributed by atoms with E-state index in [1.165, 1.54) is 7.11 Å². The second-order valence-corrected chi connectivity index (χ2v) is 2.20. The van der Waals surface area contributed by atoms with Gasteiger partial charge in [-0.25, -0.2) is 4.79 Å². The number of rotatable bonds is 3. The minimum absolute atomic E-state index is 0.0475. The summed E-state index contributed by atoms with van der Waals surface area (Å²) in [5.41, 5.74) is 0. The van der Waals surface area contributed by atoms with Crippen molar-refractivity contribution in [2.45, 2.75) is 0 Å². The first-order valence-corrected chi connectivity index (χ1v) is 3.59. The molecular formula is C9H9NO3. The van der Waals surface area contributed by atoms with Crippen LogP contribution in [-0.4, -0.2) is 18.1 Å². The summed E-state index contributed by atoms with van der Waals surface area (Å²) >= 11 is 0. The number of carbonyl (C=O) groups is 1. The molecule has 0 unspecified atom stereocenters. The third-order valence-electron chi connectivity index (χ3n) is 1.30. The molecule has 0 radical (unpaired) electrons. The second kappa shape index (κ2) is 4.25. The maximum atomic E-state index is 10.9. The summed E-state index contributed by atoms with van der Waals surface area (Å²) in [7, 11) is 1.27. The summed E-state index contributed by atoms with van der Waals surface area (Å²) in [6, 6.07) is 3.24. The summed E-state index contributed by atoms with van der Waals surface area (Å²) in [6.07, 6.45) is 3.11. The number of methoxy groups -OCH3 is 1. The molecule has 1 heterocycles. The predicted molar refractivity (Wildman–Crippen MR) is 46.0 cm³/mol. The van der Waals surface area contributed by atoms with Gasteiger partial charge in [-0.15, -0.1) is 0 Å². The van der Waals surface area contributed by atoms with E-state index in [4.69, 9.17) is 4.74 Å². The minimum Gasteiger partial charge on any atom is -0.463 e. The van der Waals surface area contributed by atoms with E-state index in [-0.39, 0.29) is 5.76 Å². The molecule has 68 valence electrons. The van der Waals surface area contributed by atoms with Gasteiger partial charge in [-0.3, -0.25) is 4.98 Å². The second-order valence-electron chi connectivity index (χ2n) is 2.20. The Bertz CT molecular complexity index is 308. The topological polar surface area (TPSA) is 48.4 Å². The summed E-state index contributed by atoms with van der Waals surface area (Å²) in [5, 5.41) is 0. The van der Waals surface area contributed by atoms with Crippen molar-refractivity contribution < 1.29 is 14.3 Å². The lowest BCUT2D eigenvalue weighted by Crippen LogP contribution is -2.09. The Morgan fingerprint density at radius 2 is 2.08 bits per heavy atom. The van der Waals surface area contributed by atoms with E-state index in [0.29, 0.717) is 5.75 Å². The van der Waals surface area contributed by atoms with E-state index in [1.807, 2.05) is 0 Å². The van der Waals surface area contributed by atoms with Gasteiger partial charge in [0.2, 0.25) is 5.76 Å². The molecule has 0 bridgehead atoms. The highest BCUT2D eigenvalue weighted by Gasteiger charge is 2.08. The molecule has 0 saturated carbocycles. The lowest BCUT2D eigenvalue weighted by atomic mass is 10.4. The van der Waals surface area contributed by atoms with Crippen molar-refractivity contribution in [1.29, 1.82) is 0 Å². The number of pyridine rings is 1. The van der Waals surface area contributed by atoms with Crippen LogP contribution in [0.5, 0.6) is 5.75 Å². The van der Waals surface area contributed by atoms with Gasteiger partial charge in [-0.1, -0.05) is 0 Å². The van der Waals surface area contributed by atoms with Crippen LogP contribution >= 0.6 is 0 Å². The fourth-order valence-corrected chi connectivity index (χ4v) is 0.704. The molecule has 13 heavy (non-hydrogen) atoms. The predicted octanol–water partition coefficient (Wildman–Crippen LogP) is 1.15. The van der Waals surface area contributed by atoms with Crippen molar-refractivity contribution in [3.05, 3.63) is 36.9 Å². The van der Waals surface area contributed by atoms with Gasteiger partial charge in [0.15, 0.2) is 0 Å². The molecule has 0 spiro atoms. The molecule has 0 aliphatic carbocycles. The maximum Gasteiger partial charge on any atom is 0.373 e. The lowest BCUT2D eigenvalue weighted by Gasteiger charge is -2.05. The van der Waals surface area contributed by atoms with Gasteiger partial charge in [-0.2, -0.15) is 0 Å². The molecule has 0 amide bonds. The van der Waals surface area contributed by atoms with E-state index in [0.717, 1.165) is 0 Å². The first-order valence-electron chi connectivity index (χ1n) is 3.59. The van der Waals surface area contributed by atoms with Gasteiger partial charge in [-0.05, 0) is 18.7 Å². The van der Waals surface area contributed by atoms with Crippen LogP contribution in [0, 0.1) is 0 Å². The van der Waals surface area contributed by atoms with Gasteiger partial charge in [0.1, 0.15) is 5.75 Å². The molecule has 0 fully saturated rings. The van der Waals surface area contributed by atoms with Crippen LogP contribution in [-0.2, 0) is 9.53 Å². The van der Waals surface area contributed by atoms with Gasteiger partial charge in [0.25, 0.3) is 0 Å². The van der Waals surface area contributed by atoms with Gasteiger partial charge in [0.05, 0.1) is 7.11 Å². The van der Waals surface area contributed by atoms with E-state index >= 15 is 0 Å². The minimum atomic E-state index is -0.586. The molecule has 0 aliphatic heterocycles. The molecule has 4 heteroatoms. The molecule has 0 N–H and O–H groups in total. The van der Waals surface area contributed by atoms with Gasteiger partial charge in [0, 0.05) is 12.4 Å². The Balaban J connectivity index is 2.60. The van der Waals surface area contributed by atoms with Crippen LogP contribution < -0.4 is 4.74 Å². The van der Waals surface area contributed by atoms with Crippen LogP contribution in [0.4, 0.5) is 0 Å². The average Bonchev–Trinajstić information content (AvgIpc) is 2.18. The molecule has 1 aromatic rings. The Morgan fingerprint density at radius 1 is 1.46 bits per heavy atom. The Morgan fingerprint density at radius 3 is 2.62 bits per heavy atom. The van der Waals surface area contributed by atoms with E-state index < -0.39 is 5.97 Å². The number of nitrogens with zero attached hydrogens (tertiary/aromatic N) is 1. The first-order chi connectivity index (χ1) is 6.24.